The number of ether oxygens (including phenoxy) is 2. The van der Waals surface area contributed by atoms with Crippen molar-refractivity contribution in [3.8, 4) is 11.5 Å². The average Bonchev–Trinajstić information content (AvgIpc) is 3.07. The van der Waals surface area contributed by atoms with E-state index in [0.29, 0.717) is 29.2 Å². The van der Waals surface area contributed by atoms with E-state index in [1.54, 1.807) is 25.3 Å². The summed E-state index contributed by atoms with van der Waals surface area (Å²) in [5, 5.41) is 0.469. The Bertz CT molecular complexity index is 622. The molecule has 0 radical (unpaired) electrons. The summed E-state index contributed by atoms with van der Waals surface area (Å²) in [6.45, 7) is 6.56. The Morgan fingerprint density at radius 2 is 2.04 bits per heavy atom. The maximum atomic E-state index is 12.7. The van der Waals surface area contributed by atoms with E-state index in [0.717, 1.165) is 18.4 Å². The van der Waals surface area contributed by atoms with Gasteiger partial charge < -0.3 is 14.4 Å². The first kappa shape index (κ1) is 19.6. The van der Waals surface area contributed by atoms with Gasteiger partial charge in [-0.1, -0.05) is 24.4 Å². The highest BCUT2D eigenvalue weighted by Crippen LogP contribution is 2.36. The maximum absolute atomic E-state index is 12.7. The number of rotatable bonds is 7. The molecule has 0 N–H and O–H groups in total. The number of hydrogen-bond donors (Lipinski definition) is 0. The van der Waals surface area contributed by atoms with Crippen LogP contribution in [0.15, 0.2) is 18.2 Å². The van der Waals surface area contributed by atoms with E-state index in [1.165, 1.54) is 12.8 Å². The highest BCUT2D eigenvalue weighted by atomic mass is 35.5. The topological polar surface area (TPSA) is 38.8 Å². The van der Waals surface area contributed by atoms with E-state index < -0.39 is 0 Å². The zero-order valence-corrected chi connectivity index (χ0v) is 16.3. The van der Waals surface area contributed by atoms with Gasteiger partial charge in [-0.2, -0.15) is 0 Å². The predicted molar refractivity (Wildman–Crippen MR) is 102 cm³/mol. The molecule has 0 unspecified atom stereocenters. The Labute approximate surface area is 155 Å². The van der Waals surface area contributed by atoms with Crippen LogP contribution in [-0.2, 0) is 4.79 Å². The molecule has 1 fully saturated rings. The van der Waals surface area contributed by atoms with Crippen LogP contribution in [0.5, 0.6) is 11.5 Å². The third-order valence-electron chi connectivity index (χ3n) is 4.48. The number of carbonyl (C=O) groups excluding carboxylic acids is 1. The number of halogens is 1. The van der Waals surface area contributed by atoms with Crippen molar-refractivity contribution in [2.24, 2.45) is 0 Å². The van der Waals surface area contributed by atoms with E-state index >= 15 is 0 Å². The molecule has 1 aromatic rings. The van der Waals surface area contributed by atoms with Gasteiger partial charge >= 0.3 is 0 Å². The van der Waals surface area contributed by atoms with E-state index in [1.807, 2.05) is 17.9 Å². The van der Waals surface area contributed by atoms with Crippen LogP contribution in [0, 0.1) is 0 Å². The number of benzene rings is 1. The van der Waals surface area contributed by atoms with Gasteiger partial charge in [0.15, 0.2) is 11.5 Å². The van der Waals surface area contributed by atoms with Gasteiger partial charge in [-0.05, 0) is 57.4 Å². The predicted octanol–water partition coefficient (Wildman–Crippen LogP) is 4.94. The molecule has 0 bridgehead atoms. The van der Waals surface area contributed by atoms with Crippen molar-refractivity contribution in [3.63, 3.8) is 0 Å². The Morgan fingerprint density at radius 3 is 2.60 bits per heavy atom. The molecule has 4 nitrogen and oxygen atoms in total. The minimum absolute atomic E-state index is 0.0480. The summed E-state index contributed by atoms with van der Waals surface area (Å²) in [6, 6.07) is 4.17. The van der Waals surface area contributed by atoms with Crippen molar-refractivity contribution >= 4 is 23.6 Å². The molecule has 1 aliphatic carbocycles. The molecule has 1 aromatic carbocycles. The molecule has 0 aliphatic heterocycles. The molecular formula is C20H28ClNO3. The second-order valence-corrected chi connectivity index (χ2v) is 6.99. The number of methoxy groups -OCH3 is 1. The molecule has 1 aliphatic rings. The van der Waals surface area contributed by atoms with Crippen LogP contribution in [0.25, 0.3) is 6.08 Å². The molecule has 0 atom stereocenters. The Balaban J connectivity index is 2.20. The quantitative estimate of drug-likeness (QED) is 0.642. The molecule has 0 saturated heterocycles. The van der Waals surface area contributed by atoms with Crippen molar-refractivity contribution in [2.45, 2.75) is 58.5 Å². The van der Waals surface area contributed by atoms with E-state index in [4.69, 9.17) is 21.1 Å². The summed E-state index contributed by atoms with van der Waals surface area (Å²) in [6.07, 6.45) is 8.03. The molecule has 0 heterocycles. The molecule has 5 heteroatoms. The van der Waals surface area contributed by atoms with E-state index in [-0.39, 0.29) is 11.9 Å². The number of nitrogens with zero attached hydrogens (tertiary/aromatic N) is 1. The third-order valence-corrected chi connectivity index (χ3v) is 4.76. The zero-order chi connectivity index (χ0) is 18.4. The number of amides is 1. The molecular weight excluding hydrogens is 338 g/mol. The Hall–Kier alpha value is -1.68. The van der Waals surface area contributed by atoms with Crippen molar-refractivity contribution < 1.29 is 14.3 Å². The first-order valence-electron chi connectivity index (χ1n) is 8.98. The first-order valence-corrected chi connectivity index (χ1v) is 9.36. The number of carbonyl (C=O) groups is 1. The highest BCUT2D eigenvalue weighted by molar-refractivity contribution is 6.32. The van der Waals surface area contributed by atoms with Crippen LogP contribution >= 0.6 is 11.6 Å². The smallest absolute Gasteiger partial charge is 0.247 e. The summed E-state index contributed by atoms with van der Waals surface area (Å²) in [7, 11) is 1.56. The summed E-state index contributed by atoms with van der Waals surface area (Å²) in [5.74, 6) is 1.15. The monoisotopic (exact) mass is 365 g/mol. The summed E-state index contributed by atoms with van der Waals surface area (Å²) >= 11 is 6.27. The van der Waals surface area contributed by atoms with Gasteiger partial charge in [0, 0.05) is 18.2 Å². The Morgan fingerprint density at radius 1 is 1.36 bits per heavy atom. The number of hydrogen-bond acceptors (Lipinski definition) is 3. The van der Waals surface area contributed by atoms with Crippen LogP contribution in [-0.4, -0.2) is 36.6 Å². The van der Waals surface area contributed by atoms with Gasteiger partial charge in [0.25, 0.3) is 0 Å². The molecule has 0 aromatic heterocycles. The molecule has 2 rings (SSSR count). The zero-order valence-electron chi connectivity index (χ0n) is 15.5. The van der Waals surface area contributed by atoms with Crippen LogP contribution in [0.3, 0.4) is 0 Å². The second kappa shape index (κ2) is 9.14. The van der Waals surface area contributed by atoms with Gasteiger partial charge in [-0.15, -0.1) is 0 Å². The lowest BCUT2D eigenvalue weighted by molar-refractivity contribution is -0.130. The van der Waals surface area contributed by atoms with Crippen molar-refractivity contribution in [1.82, 2.24) is 4.90 Å². The van der Waals surface area contributed by atoms with Crippen LogP contribution in [0.4, 0.5) is 0 Å². The van der Waals surface area contributed by atoms with Crippen molar-refractivity contribution in [3.05, 3.63) is 28.8 Å². The fraction of sp³-hybridized carbons (Fsp3) is 0.550. The fourth-order valence-electron chi connectivity index (χ4n) is 3.44. The maximum Gasteiger partial charge on any atom is 0.247 e. The lowest BCUT2D eigenvalue weighted by atomic mass is 10.1. The van der Waals surface area contributed by atoms with E-state index in [2.05, 4.69) is 13.8 Å². The van der Waals surface area contributed by atoms with Crippen molar-refractivity contribution in [2.75, 3.05) is 13.7 Å². The fourth-order valence-corrected chi connectivity index (χ4v) is 3.73. The van der Waals surface area contributed by atoms with Gasteiger partial charge in [-0.3, -0.25) is 4.79 Å². The summed E-state index contributed by atoms with van der Waals surface area (Å²) in [4.78, 5) is 14.7. The standard InChI is InChI=1S/C20H28ClNO3/c1-5-25-18-13-15(12-17(21)20(18)24-4)10-11-19(23)22(14(2)3)16-8-6-7-9-16/h10-14,16H,5-9H2,1-4H3/b11-10+. The summed E-state index contributed by atoms with van der Waals surface area (Å²) in [5.41, 5.74) is 0.817. The molecule has 25 heavy (non-hydrogen) atoms. The van der Waals surface area contributed by atoms with Crippen LogP contribution < -0.4 is 9.47 Å². The normalized spacial score (nSPS) is 15.1. The lowest BCUT2D eigenvalue weighted by Crippen LogP contribution is -2.42. The van der Waals surface area contributed by atoms with Gasteiger partial charge in [0.1, 0.15) is 0 Å². The Kier molecular flexibility index (Phi) is 7.18. The minimum Gasteiger partial charge on any atom is -0.491 e. The van der Waals surface area contributed by atoms with Gasteiger partial charge in [-0.25, -0.2) is 0 Å². The largest absolute Gasteiger partial charge is 0.491 e. The minimum atomic E-state index is 0.0480. The van der Waals surface area contributed by atoms with Gasteiger partial charge in [0.05, 0.1) is 18.7 Å². The molecule has 1 saturated carbocycles. The van der Waals surface area contributed by atoms with Crippen molar-refractivity contribution in [1.29, 1.82) is 0 Å². The lowest BCUT2D eigenvalue weighted by Gasteiger charge is -2.31. The highest BCUT2D eigenvalue weighted by Gasteiger charge is 2.27. The third kappa shape index (κ3) is 4.91. The average molecular weight is 366 g/mol. The molecule has 0 spiro atoms. The first-order chi connectivity index (χ1) is 12.0. The van der Waals surface area contributed by atoms with Gasteiger partial charge in [0.2, 0.25) is 5.91 Å². The second-order valence-electron chi connectivity index (χ2n) is 6.58. The SMILES string of the molecule is CCOc1cc(/C=C/C(=O)N(C(C)C)C2CCCC2)cc(Cl)c1OC. The van der Waals surface area contributed by atoms with Crippen LogP contribution in [0.1, 0.15) is 52.0 Å². The molecule has 138 valence electrons. The van der Waals surface area contributed by atoms with Crippen LogP contribution in [0.2, 0.25) is 5.02 Å². The molecule has 1 amide bonds. The van der Waals surface area contributed by atoms with E-state index in [9.17, 15) is 4.79 Å². The summed E-state index contributed by atoms with van der Waals surface area (Å²) < 4.78 is 10.9.